The summed E-state index contributed by atoms with van der Waals surface area (Å²) < 4.78 is 5.92. The molecule has 5 heteroatoms. The molecule has 1 aliphatic heterocycles. The summed E-state index contributed by atoms with van der Waals surface area (Å²) >= 11 is 0. The molecule has 1 heterocycles. The molecule has 0 aliphatic carbocycles. The lowest BCUT2D eigenvalue weighted by atomic mass is 9.86. The maximum Gasteiger partial charge on any atom is 0.237 e. The van der Waals surface area contributed by atoms with E-state index in [0.29, 0.717) is 11.5 Å². The standard InChI is InChI=1S/C19H20N2O3/c1-12(2)21(11-17(20)22)19(23)18-13-7-3-5-9-15(13)24-16-10-6-4-8-14(16)18/h3-10,12,18H,11H2,1-2H3,(H2,20,22). The molecule has 0 fully saturated rings. The first-order valence-corrected chi connectivity index (χ1v) is 7.93. The summed E-state index contributed by atoms with van der Waals surface area (Å²) in [7, 11) is 0. The number of nitrogens with two attached hydrogens (primary N) is 1. The molecule has 0 spiro atoms. The summed E-state index contributed by atoms with van der Waals surface area (Å²) in [6, 6.07) is 14.8. The molecule has 2 amide bonds. The monoisotopic (exact) mass is 324 g/mol. The topological polar surface area (TPSA) is 72.6 Å². The van der Waals surface area contributed by atoms with Crippen LogP contribution >= 0.6 is 0 Å². The smallest absolute Gasteiger partial charge is 0.237 e. The lowest BCUT2D eigenvalue weighted by Gasteiger charge is -2.33. The summed E-state index contributed by atoms with van der Waals surface area (Å²) in [5, 5.41) is 0. The van der Waals surface area contributed by atoms with Crippen molar-refractivity contribution in [2.75, 3.05) is 6.54 Å². The first kappa shape index (κ1) is 16.1. The average molecular weight is 324 g/mol. The van der Waals surface area contributed by atoms with Crippen LogP contribution in [0.1, 0.15) is 30.9 Å². The molecule has 0 atom stereocenters. The molecule has 0 unspecified atom stereocenters. The second-order valence-corrected chi connectivity index (χ2v) is 6.14. The number of carbonyl (C=O) groups is 2. The molecule has 5 nitrogen and oxygen atoms in total. The van der Waals surface area contributed by atoms with Gasteiger partial charge in [-0.2, -0.15) is 0 Å². The third-order valence-electron chi connectivity index (χ3n) is 4.16. The van der Waals surface area contributed by atoms with Gasteiger partial charge in [0.1, 0.15) is 11.5 Å². The highest BCUT2D eigenvalue weighted by molar-refractivity contribution is 5.92. The van der Waals surface area contributed by atoms with Crippen molar-refractivity contribution >= 4 is 11.8 Å². The van der Waals surface area contributed by atoms with E-state index in [1.807, 2.05) is 62.4 Å². The minimum absolute atomic E-state index is 0.0990. The number of benzene rings is 2. The largest absolute Gasteiger partial charge is 0.457 e. The van der Waals surface area contributed by atoms with Crippen LogP contribution in [0.25, 0.3) is 0 Å². The highest BCUT2D eigenvalue weighted by atomic mass is 16.5. The van der Waals surface area contributed by atoms with Gasteiger partial charge in [-0.1, -0.05) is 36.4 Å². The van der Waals surface area contributed by atoms with E-state index in [4.69, 9.17) is 10.5 Å². The summed E-state index contributed by atoms with van der Waals surface area (Å²) in [5.41, 5.74) is 6.93. The highest BCUT2D eigenvalue weighted by Crippen LogP contribution is 2.44. The fourth-order valence-corrected chi connectivity index (χ4v) is 3.02. The van der Waals surface area contributed by atoms with Crippen molar-refractivity contribution in [1.29, 1.82) is 0 Å². The first-order valence-electron chi connectivity index (χ1n) is 7.93. The van der Waals surface area contributed by atoms with E-state index in [1.54, 1.807) is 0 Å². The van der Waals surface area contributed by atoms with Crippen molar-refractivity contribution in [2.45, 2.75) is 25.8 Å². The minimum atomic E-state index is -0.523. The molecule has 3 rings (SSSR count). The van der Waals surface area contributed by atoms with E-state index in [9.17, 15) is 9.59 Å². The van der Waals surface area contributed by atoms with Gasteiger partial charge in [-0.15, -0.1) is 0 Å². The van der Waals surface area contributed by atoms with E-state index < -0.39 is 11.8 Å². The molecule has 2 N–H and O–H groups in total. The van der Waals surface area contributed by atoms with Gasteiger partial charge >= 0.3 is 0 Å². The van der Waals surface area contributed by atoms with E-state index in [0.717, 1.165) is 11.1 Å². The minimum Gasteiger partial charge on any atom is -0.457 e. The molecule has 1 aliphatic rings. The number of hydrogen-bond acceptors (Lipinski definition) is 3. The fourth-order valence-electron chi connectivity index (χ4n) is 3.02. The Labute approximate surface area is 141 Å². The van der Waals surface area contributed by atoms with Crippen LogP contribution in [0.5, 0.6) is 11.5 Å². The van der Waals surface area contributed by atoms with Crippen LogP contribution in [-0.2, 0) is 9.59 Å². The predicted octanol–water partition coefficient (Wildman–Crippen LogP) is 2.65. The molecule has 124 valence electrons. The number of nitrogens with zero attached hydrogens (tertiary/aromatic N) is 1. The predicted molar refractivity (Wildman–Crippen MR) is 90.8 cm³/mol. The van der Waals surface area contributed by atoms with Gasteiger partial charge in [0.25, 0.3) is 0 Å². The van der Waals surface area contributed by atoms with Crippen LogP contribution in [0.15, 0.2) is 48.5 Å². The van der Waals surface area contributed by atoms with Gasteiger partial charge in [0, 0.05) is 17.2 Å². The molecule has 2 aromatic carbocycles. The number of carbonyl (C=O) groups excluding carboxylic acids is 2. The van der Waals surface area contributed by atoms with Gasteiger partial charge in [-0.05, 0) is 26.0 Å². The van der Waals surface area contributed by atoms with Gasteiger partial charge in [-0.3, -0.25) is 9.59 Å². The second-order valence-electron chi connectivity index (χ2n) is 6.14. The number of ether oxygens (including phenoxy) is 1. The highest BCUT2D eigenvalue weighted by Gasteiger charge is 2.36. The molecule has 24 heavy (non-hydrogen) atoms. The van der Waals surface area contributed by atoms with Crippen molar-refractivity contribution in [2.24, 2.45) is 5.73 Å². The summed E-state index contributed by atoms with van der Waals surface area (Å²) in [6.07, 6.45) is 0. The Balaban J connectivity index is 2.09. The molecule has 0 aromatic heterocycles. The number of primary amides is 1. The van der Waals surface area contributed by atoms with Gasteiger partial charge in [-0.25, -0.2) is 0 Å². The third-order valence-corrected chi connectivity index (χ3v) is 4.16. The molecule has 0 saturated heterocycles. The Hall–Kier alpha value is -2.82. The molecular weight excluding hydrogens is 304 g/mol. The molecule has 2 aromatic rings. The summed E-state index contributed by atoms with van der Waals surface area (Å²) in [5.74, 6) is 0.153. The van der Waals surface area contributed by atoms with Gasteiger partial charge < -0.3 is 15.4 Å². The lowest BCUT2D eigenvalue weighted by Crippen LogP contribution is -2.45. The number of para-hydroxylation sites is 2. The summed E-state index contributed by atoms with van der Waals surface area (Å²) in [6.45, 7) is 3.65. The van der Waals surface area contributed by atoms with Crippen molar-refractivity contribution in [3.05, 3.63) is 59.7 Å². The van der Waals surface area contributed by atoms with Gasteiger partial charge in [0.05, 0.1) is 12.5 Å². The van der Waals surface area contributed by atoms with Crippen molar-refractivity contribution < 1.29 is 14.3 Å². The third kappa shape index (κ3) is 2.85. The van der Waals surface area contributed by atoms with E-state index in [1.165, 1.54) is 4.90 Å². The molecular formula is C19H20N2O3. The van der Waals surface area contributed by atoms with E-state index in [2.05, 4.69) is 0 Å². The maximum absolute atomic E-state index is 13.3. The Morgan fingerprint density at radius 1 is 1.04 bits per heavy atom. The van der Waals surface area contributed by atoms with Crippen LogP contribution in [0.4, 0.5) is 0 Å². The van der Waals surface area contributed by atoms with E-state index >= 15 is 0 Å². The second kappa shape index (κ2) is 6.35. The zero-order chi connectivity index (χ0) is 17.3. The van der Waals surface area contributed by atoms with Gasteiger partial charge in [0.15, 0.2) is 0 Å². The molecule has 0 bridgehead atoms. The molecule has 0 radical (unpaired) electrons. The Morgan fingerprint density at radius 3 is 2.00 bits per heavy atom. The Bertz CT molecular complexity index is 740. The normalized spacial score (nSPS) is 13.0. The number of rotatable bonds is 4. The maximum atomic E-state index is 13.3. The first-order chi connectivity index (χ1) is 11.5. The quantitative estimate of drug-likeness (QED) is 0.939. The van der Waals surface area contributed by atoms with Crippen LogP contribution in [-0.4, -0.2) is 29.3 Å². The van der Waals surface area contributed by atoms with Crippen LogP contribution in [0.3, 0.4) is 0 Å². The van der Waals surface area contributed by atoms with Crippen molar-refractivity contribution in [1.82, 2.24) is 4.90 Å². The number of amides is 2. The zero-order valence-electron chi connectivity index (χ0n) is 13.7. The lowest BCUT2D eigenvalue weighted by molar-refractivity contribution is -0.137. The van der Waals surface area contributed by atoms with Gasteiger partial charge in [0.2, 0.25) is 11.8 Å². The SMILES string of the molecule is CC(C)N(CC(N)=O)C(=O)C1c2ccccc2Oc2ccccc21. The van der Waals surface area contributed by atoms with Crippen LogP contribution < -0.4 is 10.5 Å². The fraction of sp³-hybridized carbons (Fsp3) is 0.263. The Morgan fingerprint density at radius 2 is 1.54 bits per heavy atom. The number of fused-ring (bicyclic) bond motifs is 2. The van der Waals surface area contributed by atoms with E-state index in [-0.39, 0.29) is 18.5 Å². The summed E-state index contributed by atoms with van der Waals surface area (Å²) in [4.78, 5) is 26.2. The molecule has 0 saturated carbocycles. The van der Waals surface area contributed by atoms with Crippen LogP contribution in [0.2, 0.25) is 0 Å². The van der Waals surface area contributed by atoms with Crippen molar-refractivity contribution in [3.8, 4) is 11.5 Å². The number of hydrogen-bond donors (Lipinski definition) is 1. The zero-order valence-corrected chi connectivity index (χ0v) is 13.7. The van der Waals surface area contributed by atoms with Crippen LogP contribution in [0, 0.1) is 0 Å². The van der Waals surface area contributed by atoms with Crippen molar-refractivity contribution in [3.63, 3.8) is 0 Å². The Kier molecular flexibility index (Phi) is 4.25. The average Bonchev–Trinajstić information content (AvgIpc) is 2.56.